The first-order chi connectivity index (χ1) is 7.60. The number of aryl methyl sites for hydroxylation is 1. The summed E-state index contributed by atoms with van der Waals surface area (Å²) in [5, 5.41) is 0. The van der Waals surface area contributed by atoms with Crippen LogP contribution in [-0.4, -0.2) is 37.1 Å². The second-order valence-corrected chi connectivity index (χ2v) is 4.07. The Balaban J connectivity index is 2.89. The van der Waals surface area contributed by atoms with Gasteiger partial charge in [-0.05, 0) is 20.9 Å². The van der Waals surface area contributed by atoms with Crippen LogP contribution >= 0.6 is 0 Å². The molecular formula is C12H21N3O. The minimum atomic E-state index is 0.665. The van der Waals surface area contributed by atoms with Crippen molar-refractivity contribution in [2.75, 3.05) is 27.2 Å². The SMILES string of the molecule is COc1c(C)cnc(CN(C)CCN)c1C. The lowest BCUT2D eigenvalue weighted by Crippen LogP contribution is -2.25. The predicted octanol–water partition coefficient (Wildman–Crippen LogP) is 1.10. The molecule has 16 heavy (non-hydrogen) atoms. The maximum atomic E-state index is 5.51. The van der Waals surface area contributed by atoms with Crippen molar-refractivity contribution < 1.29 is 4.74 Å². The molecule has 0 aliphatic heterocycles. The standard InChI is InChI=1S/C12H21N3O/c1-9-7-14-11(8-15(3)6-5-13)10(2)12(9)16-4/h7H,5-6,8,13H2,1-4H3. The van der Waals surface area contributed by atoms with Gasteiger partial charge in [-0.1, -0.05) is 0 Å². The smallest absolute Gasteiger partial charge is 0.128 e. The van der Waals surface area contributed by atoms with Gasteiger partial charge in [0.15, 0.2) is 0 Å². The summed E-state index contributed by atoms with van der Waals surface area (Å²) in [5.74, 6) is 0.936. The summed E-state index contributed by atoms with van der Waals surface area (Å²) in [6.07, 6.45) is 1.86. The highest BCUT2D eigenvalue weighted by Crippen LogP contribution is 2.24. The second kappa shape index (κ2) is 5.82. The van der Waals surface area contributed by atoms with E-state index in [-0.39, 0.29) is 0 Å². The number of rotatable bonds is 5. The van der Waals surface area contributed by atoms with E-state index in [0.717, 1.165) is 35.7 Å². The molecule has 0 spiro atoms. The number of ether oxygens (including phenoxy) is 1. The van der Waals surface area contributed by atoms with Crippen LogP contribution < -0.4 is 10.5 Å². The number of pyridine rings is 1. The second-order valence-electron chi connectivity index (χ2n) is 4.07. The van der Waals surface area contributed by atoms with Gasteiger partial charge in [0.2, 0.25) is 0 Å². The Hall–Kier alpha value is -1.13. The van der Waals surface area contributed by atoms with E-state index in [1.54, 1.807) is 7.11 Å². The van der Waals surface area contributed by atoms with Gasteiger partial charge in [-0.25, -0.2) is 0 Å². The Kier molecular flexibility index (Phi) is 4.71. The third-order valence-corrected chi connectivity index (χ3v) is 2.68. The summed E-state index contributed by atoms with van der Waals surface area (Å²) < 4.78 is 5.37. The van der Waals surface area contributed by atoms with Crippen molar-refractivity contribution in [2.24, 2.45) is 5.73 Å². The van der Waals surface area contributed by atoms with Crippen molar-refractivity contribution in [2.45, 2.75) is 20.4 Å². The highest BCUT2D eigenvalue weighted by atomic mass is 16.5. The molecule has 1 heterocycles. The minimum Gasteiger partial charge on any atom is -0.496 e. The summed E-state index contributed by atoms with van der Waals surface area (Å²) in [4.78, 5) is 6.60. The van der Waals surface area contributed by atoms with Crippen LogP contribution in [0.25, 0.3) is 0 Å². The quantitative estimate of drug-likeness (QED) is 0.812. The van der Waals surface area contributed by atoms with E-state index < -0.39 is 0 Å². The van der Waals surface area contributed by atoms with E-state index in [0.29, 0.717) is 6.54 Å². The van der Waals surface area contributed by atoms with E-state index >= 15 is 0 Å². The molecule has 0 amide bonds. The third kappa shape index (κ3) is 2.93. The lowest BCUT2D eigenvalue weighted by molar-refractivity contribution is 0.329. The van der Waals surface area contributed by atoms with Crippen molar-refractivity contribution in [3.8, 4) is 5.75 Å². The van der Waals surface area contributed by atoms with Crippen molar-refractivity contribution >= 4 is 0 Å². The van der Waals surface area contributed by atoms with E-state index in [2.05, 4.69) is 9.88 Å². The number of hydrogen-bond acceptors (Lipinski definition) is 4. The van der Waals surface area contributed by atoms with Crippen LogP contribution in [0.4, 0.5) is 0 Å². The first-order valence-corrected chi connectivity index (χ1v) is 5.47. The lowest BCUT2D eigenvalue weighted by atomic mass is 10.1. The average molecular weight is 223 g/mol. The number of methoxy groups -OCH3 is 1. The molecule has 1 rings (SSSR count). The largest absolute Gasteiger partial charge is 0.496 e. The molecule has 1 aromatic heterocycles. The Morgan fingerprint density at radius 1 is 1.44 bits per heavy atom. The topological polar surface area (TPSA) is 51.4 Å². The molecule has 0 atom stereocenters. The summed E-state index contributed by atoms with van der Waals surface area (Å²) in [6.45, 7) is 6.40. The van der Waals surface area contributed by atoms with E-state index in [1.165, 1.54) is 0 Å². The van der Waals surface area contributed by atoms with Crippen molar-refractivity contribution in [3.63, 3.8) is 0 Å². The van der Waals surface area contributed by atoms with Crippen molar-refractivity contribution in [1.29, 1.82) is 0 Å². The first-order valence-electron chi connectivity index (χ1n) is 5.47. The summed E-state index contributed by atoms with van der Waals surface area (Å²) in [5.41, 5.74) is 8.76. The summed E-state index contributed by atoms with van der Waals surface area (Å²) in [7, 11) is 3.74. The monoisotopic (exact) mass is 223 g/mol. The maximum Gasteiger partial charge on any atom is 0.128 e. The number of hydrogen-bond donors (Lipinski definition) is 1. The zero-order valence-corrected chi connectivity index (χ0v) is 10.6. The van der Waals surface area contributed by atoms with Gasteiger partial charge in [-0.15, -0.1) is 0 Å². The Bertz CT molecular complexity index is 352. The molecular weight excluding hydrogens is 202 g/mol. The molecule has 4 heteroatoms. The molecule has 0 fully saturated rings. The molecule has 0 saturated heterocycles. The highest BCUT2D eigenvalue weighted by molar-refractivity contribution is 5.40. The fraction of sp³-hybridized carbons (Fsp3) is 0.583. The molecule has 0 aliphatic carbocycles. The van der Waals surface area contributed by atoms with Gasteiger partial charge in [-0.3, -0.25) is 9.88 Å². The van der Waals surface area contributed by atoms with Gasteiger partial charge in [0.1, 0.15) is 5.75 Å². The zero-order chi connectivity index (χ0) is 12.1. The molecule has 0 aromatic carbocycles. The van der Waals surface area contributed by atoms with Crippen molar-refractivity contribution in [3.05, 3.63) is 23.0 Å². The van der Waals surface area contributed by atoms with Gasteiger partial charge in [-0.2, -0.15) is 0 Å². The summed E-state index contributed by atoms with van der Waals surface area (Å²) in [6, 6.07) is 0. The number of nitrogens with zero attached hydrogens (tertiary/aromatic N) is 2. The van der Waals surface area contributed by atoms with Gasteiger partial charge >= 0.3 is 0 Å². The molecule has 0 aliphatic rings. The van der Waals surface area contributed by atoms with E-state index in [4.69, 9.17) is 10.5 Å². The molecule has 2 N–H and O–H groups in total. The van der Waals surface area contributed by atoms with Crippen molar-refractivity contribution in [1.82, 2.24) is 9.88 Å². The summed E-state index contributed by atoms with van der Waals surface area (Å²) >= 11 is 0. The maximum absolute atomic E-state index is 5.51. The fourth-order valence-electron chi connectivity index (χ4n) is 1.79. The highest BCUT2D eigenvalue weighted by Gasteiger charge is 2.10. The Labute approximate surface area is 97.4 Å². The van der Waals surface area contributed by atoms with Crippen LogP contribution in [0.3, 0.4) is 0 Å². The van der Waals surface area contributed by atoms with Crippen LogP contribution in [-0.2, 0) is 6.54 Å². The van der Waals surface area contributed by atoms with E-state index in [1.807, 2.05) is 27.1 Å². The Morgan fingerprint density at radius 2 is 2.12 bits per heavy atom. The lowest BCUT2D eigenvalue weighted by Gasteiger charge is -2.18. The Morgan fingerprint density at radius 3 is 2.69 bits per heavy atom. The van der Waals surface area contributed by atoms with Gasteiger partial charge in [0.05, 0.1) is 12.8 Å². The number of aromatic nitrogens is 1. The third-order valence-electron chi connectivity index (χ3n) is 2.68. The van der Waals surface area contributed by atoms with Crippen LogP contribution in [0.1, 0.15) is 16.8 Å². The first kappa shape index (κ1) is 12.9. The van der Waals surface area contributed by atoms with E-state index in [9.17, 15) is 0 Å². The molecule has 0 unspecified atom stereocenters. The van der Waals surface area contributed by atoms with Crippen LogP contribution in [0.5, 0.6) is 5.75 Å². The minimum absolute atomic E-state index is 0.665. The van der Waals surface area contributed by atoms with Gasteiger partial charge in [0.25, 0.3) is 0 Å². The molecule has 0 saturated carbocycles. The van der Waals surface area contributed by atoms with Gasteiger partial charge < -0.3 is 10.5 Å². The van der Waals surface area contributed by atoms with Crippen LogP contribution in [0.2, 0.25) is 0 Å². The predicted molar refractivity (Wildman–Crippen MR) is 65.7 cm³/mol. The zero-order valence-electron chi connectivity index (χ0n) is 10.6. The van der Waals surface area contributed by atoms with Gasteiger partial charge in [0, 0.05) is 37.0 Å². The van der Waals surface area contributed by atoms with Crippen LogP contribution in [0, 0.1) is 13.8 Å². The fourth-order valence-corrected chi connectivity index (χ4v) is 1.79. The number of nitrogens with two attached hydrogens (primary N) is 1. The van der Waals surface area contributed by atoms with Crippen LogP contribution in [0.15, 0.2) is 6.20 Å². The molecule has 1 aromatic rings. The molecule has 0 bridgehead atoms. The molecule has 4 nitrogen and oxygen atoms in total. The molecule has 90 valence electrons. The average Bonchev–Trinajstić information content (AvgIpc) is 2.23. The molecule has 0 radical (unpaired) electrons. The number of likely N-dealkylation sites (N-methyl/N-ethyl adjacent to an activating group) is 1. The normalized spacial score (nSPS) is 10.9.